The standard InChI is InChI=1S/C13H28N2O/c1-2-8-15(9-10-16)13-7-5-3-4-6-12(13)11-14/h12-13,16H,2-11,14H2,1H3. The monoisotopic (exact) mass is 228 g/mol. The molecule has 3 heteroatoms. The fourth-order valence-corrected chi connectivity index (χ4v) is 2.98. The topological polar surface area (TPSA) is 49.5 Å². The van der Waals surface area contributed by atoms with Crippen molar-refractivity contribution in [1.29, 1.82) is 0 Å². The van der Waals surface area contributed by atoms with Gasteiger partial charge in [0.2, 0.25) is 0 Å². The zero-order chi connectivity index (χ0) is 11.8. The molecule has 0 heterocycles. The van der Waals surface area contributed by atoms with Crippen LogP contribution in [0.5, 0.6) is 0 Å². The molecule has 0 bridgehead atoms. The molecule has 2 atom stereocenters. The minimum Gasteiger partial charge on any atom is -0.395 e. The van der Waals surface area contributed by atoms with Crippen LogP contribution in [-0.4, -0.2) is 42.3 Å². The number of aliphatic hydroxyl groups excluding tert-OH is 1. The third-order valence-electron chi connectivity index (χ3n) is 3.79. The summed E-state index contributed by atoms with van der Waals surface area (Å²) in [4.78, 5) is 2.46. The molecular weight excluding hydrogens is 200 g/mol. The molecule has 0 aromatic heterocycles. The first-order valence-electron chi connectivity index (χ1n) is 6.88. The van der Waals surface area contributed by atoms with Gasteiger partial charge in [0.15, 0.2) is 0 Å². The van der Waals surface area contributed by atoms with Crippen molar-refractivity contribution in [2.24, 2.45) is 11.7 Å². The average Bonchev–Trinajstić information content (AvgIpc) is 2.53. The van der Waals surface area contributed by atoms with Crippen molar-refractivity contribution in [2.45, 2.75) is 51.5 Å². The summed E-state index contributed by atoms with van der Waals surface area (Å²) in [6.45, 7) is 5.19. The molecule has 0 radical (unpaired) electrons. The van der Waals surface area contributed by atoms with Crippen molar-refractivity contribution in [3.8, 4) is 0 Å². The van der Waals surface area contributed by atoms with Crippen LogP contribution in [-0.2, 0) is 0 Å². The molecule has 96 valence electrons. The summed E-state index contributed by atoms with van der Waals surface area (Å²) < 4.78 is 0. The molecule has 2 unspecified atom stereocenters. The lowest BCUT2D eigenvalue weighted by molar-refractivity contribution is 0.108. The highest BCUT2D eigenvalue weighted by Crippen LogP contribution is 2.26. The Kier molecular flexibility index (Phi) is 7.01. The summed E-state index contributed by atoms with van der Waals surface area (Å²) in [6, 6.07) is 0.611. The predicted octanol–water partition coefficient (Wildman–Crippen LogP) is 1.60. The lowest BCUT2D eigenvalue weighted by Crippen LogP contribution is -2.44. The van der Waals surface area contributed by atoms with E-state index in [9.17, 15) is 0 Å². The Bertz CT molecular complexity index is 169. The molecule has 0 aromatic carbocycles. The van der Waals surface area contributed by atoms with Crippen LogP contribution in [0.15, 0.2) is 0 Å². The van der Waals surface area contributed by atoms with Gasteiger partial charge < -0.3 is 10.8 Å². The highest BCUT2D eigenvalue weighted by molar-refractivity contribution is 4.82. The van der Waals surface area contributed by atoms with Gasteiger partial charge in [-0.2, -0.15) is 0 Å². The summed E-state index contributed by atoms with van der Waals surface area (Å²) in [5.74, 6) is 0.639. The molecule has 1 aliphatic rings. The maximum Gasteiger partial charge on any atom is 0.0558 e. The van der Waals surface area contributed by atoms with Gasteiger partial charge in [-0.3, -0.25) is 4.90 Å². The van der Waals surface area contributed by atoms with E-state index in [1.165, 1.54) is 32.1 Å². The second-order valence-corrected chi connectivity index (χ2v) is 4.96. The lowest BCUT2D eigenvalue weighted by Gasteiger charge is -2.35. The molecule has 0 aromatic rings. The van der Waals surface area contributed by atoms with Gasteiger partial charge in [-0.05, 0) is 38.3 Å². The quantitative estimate of drug-likeness (QED) is 0.679. The third kappa shape index (κ3) is 4.04. The Labute approximate surface area is 100 Å². The van der Waals surface area contributed by atoms with Crippen molar-refractivity contribution in [2.75, 3.05) is 26.2 Å². The van der Waals surface area contributed by atoms with E-state index < -0.39 is 0 Å². The van der Waals surface area contributed by atoms with E-state index in [4.69, 9.17) is 10.8 Å². The lowest BCUT2D eigenvalue weighted by atomic mass is 9.93. The van der Waals surface area contributed by atoms with Gasteiger partial charge in [-0.1, -0.05) is 26.2 Å². The van der Waals surface area contributed by atoms with Crippen molar-refractivity contribution in [3.05, 3.63) is 0 Å². The van der Waals surface area contributed by atoms with Crippen LogP contribution < -0.4 is 5.73 Å². The van der Waals surface area contributed by atoms with Crippen molar-refractivity contribution in [3.63, 3.8) is 0 Å². The first-order valence-corrected chi connectivity index (χ1v) is 6.88. The van der Waals surface area contributed by atoms with Gasteiger partial charge in [0.05, 0.1) is 6.61 Å². The van der Waals surface area contributed by atoms with Gasteiger partial charge >= 0.3 is 0 Å². The second kappa shape index (κ2) is 8.04. The minimum atomic E-state index is 0.272. The summed E-state index contributed by atoms with van der Waals surface area (Å²) >= 11 is 0. The third-order valence-corrected chi connectivity index (χ3v) is 3.79. The molecule has 3 N–H and O–H groups in total. The van der Waals surface area contributed by atoms with Crippen LogP contribution in [0.4, 0.5) is 0 Å². The smallest absolute Gasteiger partial charge is 0.0558 e. The normalized spacial score (nSPS) is 27.0. The highest BCUT2D eigenvalue weighted by Gasteiger charge is 2.27. The first-order chi connectivity index (χ1) is 7.83. The van der Waals surface area contributed by atoms with Crippen LogP contribution in [0.1, 0.15) is 45.4 Å². The molecule has 0 amide bonds. The van der Waals surface area contributed by atoms with E-state index in [1.807, 2.05) is 0 Å². The van der Waals surface area contributed by atoms with Crippen LogP contribution in [0.25, 0.3) is 0 Å². The van der Waals surface area contributed by atoms with Gasteiger partial charge in [-0.15, -0.1) is 0 Å². The zero-order valence-corrected chi connectivity index (χ0v) is 10.7. The fraction of sp³-hybridized carbons (Fsp3) is 1.00. The summed E-state index contributed by atoms with van der Waals surface area (Å²) in [7, 11) is 0. The molecule has 16 heavy (non-hydrogen) atoms. The van der Waals surface area contributed by atoms with Crippen LogP contribution in [0.2, 0.25) is 0 Å². The van der Waals surface area contributed by atoms with Gasteiger partial charge in [0.25, 0.3) is 0 Å². The number of aliphatic hydroxyl groups is 1. The number of nitrogens with two attached hydrogens (primary N) is 1. The van der Waals surface area contributed by atoms with Crippen molar-refractivity contribution in [1.82, 2.24) is 4.90 Å². The maximum absolute atomic E-state index is 9.15. The van der Waals surface area contributed by atoms with Crippen molar-refractivity contribution < 1.29 is 5.11 Å². The zero-order valence-electron chi connectivity index (χ0n) is 10.7. The molecule has 0 aliphatic heterocycles. The van der Waals surface area contributed by atoms with Crippen molar-refractivity contribution >= 4 is 0 Å². The largest absolute Gasteiger partial charge is 0.395 e. The number of nitrogens with zero attached hydrogens (tertiary/aromatic N) is 1. The Hall–Kier alpha value is -0.120. The molecule has 3 nitrogen and oxygen atoms in total. The number of rotatable bonds is 6. The molecule has 1 saturated carbocycles. The van der Waals surface area contributed by atoms with Crippen LogP contribution in [0.3, 0.4) is 0 Å². The highest BCUT2D eigenvalue weighted by atomic mass is 16.3. The van der Waals surface area contributed by atoms with E-state index in [1.54, 1.807) is 0 Å². The Morgan fingerprint density at radius 1 is 1.19 bits per heavy atom. The fourth-order valence-electron chi connectivity index (χ4n) is 2.98. The molecule has 0 saturated heterocycles. The maximum atomic E-state index is 9.15. The van der Waals surface area contributed by atoms with E-state index in [0.29, 0.717) is 12.0 Å². The SMILES string of the molecule is CCCN(CCO)C1CCCCCC1CN. The average molecular weight is 228 g/mol. The van der Waals surface area contributed by atoms with Gasteiger partial charge in [0.1, 0.15) is 0 Å². The Morgan fingerprint density at radius 2 is 1.94 bits per heavy atom. The number of hydrogen-bond donors (Lipinski definition) is 2. The molecule has 1 aliphatic carbocycles. The van der Waals surface area contributed by atoms with E-state index in [0.717, 1.165) is 26.1 Å². The van der Waals surface area contributed by atoms with Crippen LogP contribution in [0, 0.1) is 5.92 Å². The van der Waals surface area contributed by atoms with Gasteiger partial charge in [-0.25, -0.2) is 0 Å². The van der Waals surface area contributed by atoms with Crippen LogP contribution >= 0.6 is 0 Å². The molecule has 1 rings (SSSR count). The summed E-state index contributed by atoms with van der Waals surface area (Å²) in [6.07, 6.45) is 7.71. The van der Waals surface area contributed by atoms with Gasteiger partial charge in [0, 0.05) is 12.6 Å². The summed E-state index contributed by atoms with van der Waals surface area (Å²) in [5.41, 5.74) is 5.90. The summed E-state index contributed by atoms with van der Waals surface area (Å²) in [5, 5.41) is 9.15. The molecule has 0 spiro atoms. The Balaban J connectivity index is 2.60. The van der Waals surface area contributed by atoms with E-state index in [-0.39, 0.29) is 6.61 Å². The van der Waals surface area contributed by atoms with E-state index in [2.05, 4.69) is 11.8 Å². The minimum absolute atomic E-state index is 0.272. The predicted molar refractivity (Wildman–Crippen MR) is 68.4 cm³/mol. The molecular formula is C13H28N2O. The second-order valence-electron chi connectivity index (χ2n) is 4.96. The van der Waals surface area contributed by atoms with E-state index >= 15 is 0 Å². The molecule has 1 fully saturated rings. The number of hydrogen-bond acceptors (Lipinski definition) is 3. The first kappa shape index (κ1) is 13.9. The Morgan fingerprint density at radius 3 is 2.56 bits per heavy atom.